The van der Waals surface area contributed by atoms with Gasteiger partial charge >= 0.3 is 5.69 Å². The number of aromatic nitrogens is 3. The Hall–Kier alpha value is -3.85. The van der Waals surface area contributed by atoms with E-state index in [1.165, 1.54) is 4.57 Å². The van der Waals surface area contributed by atoms with Crippen molar-refractivity contribution in [1.29, 1.82) is 0 Å². The second-order valence-corrected chi connectivity index (χ2v) is 8.18. The van der Waals surface area contributed by atoms with Gasteiger partial charge in [0.1, 0.15) is 17.8 Å². The van der Waals surface area contributed by atoms with Crippen molar-refractivity contribution in [1.82, 2.24) is 19.0 Å². The summed E-state index contributed by atoms with van der Waals surface area (Å²) in [5, 5.41) is 3.48. The van der Waals surface area contributed by atoms with Crippen molar-refractivity contribution in [3.05, 3.63) is 68.9 Å². The first kappa shape index (κ1) is 23.3. The van der Waals surface area contributed by atoms with E-state index in [2.05, 4.69) is 5.32 Å². The van der Waals surface area contributed by atoms with Crippen LogP contribution in [0.4, 0.5) is 0 Å². The molecule has 0 bridgehead atoms. The predicted molar refractivity (Wildman–Crippen MR) is 131 cm³/mol. The number of nitrogens with zero attached hydrogens (tertiary/aromatic N) is 3. The van der Waals surface area contributed by atoms with Crippen molar-refractivity contribution in [2.75, 3.05) is 27.4 Å². The molecule has 2 aromatic carbocycles. The van der Waals surface area contributed by atoms with Crippen molar-refractivity contribution in [3.63, 3.8) is 0 Å². The molecule has 1 N–H and O–H groups in total. The van der Waals surface area contributed by atoms with Gasteiger partial charge < -0.3 is 19.4 Å². The minimum Gasteiger partial charge on any atom is -0.497 e. The zero-order chi connectivity index (χ0) is 24.4. The summed E-state index contributed by atoms with van der Waals surface area (Å²) in [5.41, 5.74) is 1.91. The third-order valence-electron chi connectivity index (χ3n) is 5.92. The van der Waals surface area contributed by atoms with Crippen molar-refractivity contribution >= 4 is 27.8 Å². The molecule has 1 amide bonds. The first-order chi connectivity index (χ1) is 16.4. The number of benzene rings is 2. The summed E-state index contributed by atoms with van der Waals surface area (Å²) < 4.78 is 14.6. The van der Waals surface area contributed by atoms with Crippen LogP contribution in [-0.4, -0.2) is 47.0 Å². The maximum atomic E-state index is 13.7. The fraction of sp³-hybridized carbons (Fsp3) is 0.320. The standard InChI is InChI=1S/C25H28N4O5/c1-16-6-8-17(9-7-16)29-24(31)23-22(19-14-18(34-4)10-11-20(19)27(23)2)28(25(29)32)15-21(30)26-12-5-13-33-3/h6-11,14H,5,12-13,15H2,1-4H3,(H,26,30). The lowest BCUT2D eigenvalue weighted by molar-refractivity contribution is -0.121. The van der Waals surface area contributed by atoms with Crippen LogP contribution in [0.2, 0.25) is 0 Å². The molecule has 0 fully saturated rings. The van der Waals surface area contributed by atoms with Crippen LogP contribution in [0.1, 0.15) is 12.0 Å². The molecule has 4 rings (SSSR count). The molecule has 0 unspecified atom stereocenters. The number of methoxy groups -OCH3 is 2. The van der Waals surface area contributed by atoms with Crippen LogP contribution < -0.4 is 21.3 Å². The summed E-state index contributed by atoms with van der Waals surface area (Å²) in [6.45, 7) is 2.64. The molecular formula is C25H28N4O5. The Morgan fingerprint density at radius 1 is 1.03 bits per heavy atom. The number of ether oxygens (including phenoxy) is 2. The molecule has 4 aromatic rings. The second kappa shape index (κ2) is 9.56. The van der Waals surface area contributed by atoms with Crippen LogP contribution in [0, 0.1) is 6.92 Å². The van der Waals surface area contributed by atoms with Crippen LogP contribution in [0.5, 0.6) is 5.75 Å². The van der Waals surface area contributed by atoms with Gasteiger partial charge in [-0.1, -0.05) is 17.7 Å². The summed E-state index contributed by atoms with van der Waals surface area (Å²) in [5.74, 6) is 0.263. The minimum absolute atomic E-state index is 0.231. The van der Waals surface area contributed by atoms with Gasteiger partial charge in [0.2, 0.25) is 5.91 Å². The molecule has 0 saturated carbocycles. The van der Waals surface area contributed by atoms with Crippen LogP contribution in [-0.2, 0) is 23.1 Å². The van der Waals surface area contributed by atoms with Crippen LogP contribution >= 0.6 is 0 Å². The van der Waals surface area contributed by atoms with E-state index in [0.717, 1.165) is 15.6 Å². The summed E-state index contributed by atoms with van der Waals surface area (Å²) in [7, 11) is 4.93. The zero-order valence-electron chi connectivity index (χ0n) is 19.8. The van der Waals surface area contributed by atoms with Gasteiger partial charge in [0.25, 0.3) is 5.56 Å². The van der Waals surface area contributed by atoms with Gasteiger partial charge in [0, 0.05) is 32.7 Å². The highest BCUT2D eigenvalue weighted by Gasteiger charge is 2.22. The van der Waals surface area contributed by atoms with E-state index in [9.17, 15) is 14.4 Å². The fourth-order valence-electron chi connectivity index (χ4n) is 4.17. The Balaban J connectivity index is 1.98. The topological polar surface area (TPSA) is 96.5 Å². The molecule has 178 valence electrons. The Morgan fingerprint density at radius 2 is 1.76 bits per heavy atom. The zero-order valence-corrected chi connectivity index (χ0v) is 19.8. The van der Waals surface area contributed by atoms with Gasteiger partial charge in [0.15, 0.2) is 0 Å². The van der Waals surface area contributed by atoms with Crippen LogP contribution in [0.3, 0.4) is 0 Å². The van der Waals surface area contributed by atoms with Crippen molar-refractivity contribution < 1.29 is 14.3 Å². The summed E-state index contributed by atoms with van der Waals surface area (Å²) in [6, 6.07) is 12.5. The minimum atomic E-state index is -0.580. The van der Waals surface area contributed by atoms with E-state index in [-0.39, 0.29) is 12.5 Å². The maximum absolute atomic E-state index is 13.7. The molecule has 9 heteroatoms. The fourth-order valence-corrected chi connectivity index (χ4v) is 4.17. The molecule has 0 aliphatic carbocycles. The predicted octanol–water partition coefficient (Wildman–Crippen LogP) is 2.11. The molecule has 0 aliphatic rings. The summed E-state index contributed by atoms with van der Waals surface area (Å²) >= 11 is 0. The third kappa shape index (κ3) is 4.10. The number of fused-ring (bicyclic) bond motifs is 3. The first-order valence-electron chi connectivity index (χ1n) is 11.0. The van der Waals surface area contributed by atoms with E-state index >= 15 is 0 Å². The van der Waals surface area contributed by atoms with E-state index in [0.29, 0.717) is 47.4 Å². The Bertz CT molecular complexity index is 1480. The lowest BCUT2D eigenvalue weighted by atomic mass is 10.2. The van der Waals surface area contributed by atoms with Gasteiger partial charge in [0.05, 0.1) is 23.8 Å². The van der Waals surface area contributed by atoms with E-state index < -0.39 is 11.2 Å². The molecule has 0 spiro atoms. The number of amides is 1. The molecule has 2 aromatic heterocycles. The first-order valence-corrected chi connectivity index (χ1v) is 11.0. The Labute approximate surface area is 196 Å². The Morgan fingerprint density at radius 3 is 2.44 bits per heavy atom. The Kier molecular flexibility index (Phi) is 6.56. The number of rotatable bonds is 8. The summed E-state index contributed by atoms with van der Waals surface area (Å²) in [6.07, 6.45) is 0.654. The van der Waals surface area contributed by atoms with Crippen molar-refractivity contribution in [3.8, 4) is 11.4 Å². The van der Waals surface area contributed by atoms with Gasteiger partial charge in [-0.3, -0.25) is 14.2 Å². The molecule has 9 nitrogen and oxygen atoms in total. The quantitative estimate of drug-likeness (QED) is 0.403. The van der Waals surface area contributed by atoms with Crippen LogP contribution in [0.25, 0.3) is 27.6 Å². The molecule has 0 radical (unpaired) electrons. The van der Waals surface area contributed by atoms with E-state index in [4.69, 9.17) is 9.47 Å². The smallest absolute Gasteiger partial charge is 0.336 e. The van der Waals surface area contributed by atoms with Crippen LogP contribution in [0.15, 0.2) is 52.1 Å². The summed E-state index contributed by atoms with van der Waals surface area (Å²) in [4.78, 5) is 40.1. The highest BCUT2D eigenvalue weighted by atomic mass is 16.5. The molecule has 0 aliphatic heterocycles. The van der Waals surface area contributed by atoms with Crippen molar-refractivity contribution in [2.45, 2.75) is 19.9 Å². The molecule has 2 heterocycles. The molecule has 0 saturated heterocycles. The van der Waals surface area contributed by atoms with Gasteiger partial charge in [-0.2, -0.15) is 0 Å². The third-order valence-corrected chi connectivity index (χ3v) is 5.92. The lowest BCUT2D eigenvalue weighted by Gasteiger charge is -2.13. The monoisotopic (exact) mass is 464 g/mol. The van der Waals surface area contributed by atoms with E-state index in [1.54, 1.807) is 50.1 Å². The highest BCUT2D eigenvalue weighted by Crippen LogP contribution is 2.29. The van der Waals surface area contributed by atoms with Crippen molar-refractivity contribution in [2.24, 2.45) is 7.05 Å². The second-order valence-electron chi connectivity index (χ2n) is 8.18. The van der Waals surface area contributed by atoms with Gasteiger partial charge in [-0.05, 0) is 43.7 Å². The van der Waals surface area contributed by atoms with Gasteiger partial charge in [-0.25, -0.2) is 9.36 Å². The number of carbonyl (C=O) groups excluding carboxylic acids is 1. The number of aryl methyl sites for hydroxylation is 2. The van der Waals surface area contributed by atoms with E-state index in [1.807, 2.05) is 25.1 Å². The molecule has 0 atom stereocenters. The lowest BCUT2D eigenvalue weighted by Crippen LogP contribution is -2.42. The normalized spacial score (nSPS) is 11.3. The number of hydrogen-bond acceptors (Lipinski definition) is 5. The SMILES string of the molecule is COCCCNC(=O)Cn1c(=O)n(-c2ccc(C)cc2)c(=O)c2c1c1cc(OC)ccc1n2C. The average molecular weight is 465 g/mol. The number of hydrogen-bond donors (Lipinski definition) is 1. The molecule has 34 heavy (non-hydrogen) atoms. The largest absolute Gasteiger partial charge is 0.497 e. The highest BCUT2D eigenvalue weighted by molar-refractivity contribution is 6.06. The maximum Gasteiger partial charge on any atom is 0.336 e. The number of nitrogens with one attached hydrogen (secondary N) is 1. The molecular weight excluding hydrogens is 436 g/mol. The van der Waals surface area contributed by atoms with Gasteiger partial charge in [-0.15, -0.1) is 0 Å². The average Bonchev–Trinajstić information content (AvgIpc) is 3.12. The number of carbonyl (C=O) groups is 1.